The molecule has 1 amide bonds. The van der Waals surface area contributed by atoms with Crippen molar-refractivity contribution in [3.63, 3.8) is 0 Å². The minimum absolute atomic E-state index is 0.252. The molecule has 3 nitrogen and oxygen atoms in total. The van der Waals surface area contributed by atoms with Crippen LogP contribution >= 0.6 is 0 Å². The lowest BCUT2D eigenvalue weighted by atomic mass is 10.2. The first kappa shape index (κ1) is 13.5. The van der Waals surface area contributed by atoms with Crippen LogP contribution < -0.4 is 5.32 Å². The molecule has 0 aromatic rings. The van der Waals surface area contributed by atoms with Gasteiger partial charge in [0.2, 0.25) is 5.91 Å². The largest absolute Gasteiger partial charge is 0.339 e. The van der Waals surface area contributed by atoms with Crippen molar-refractivity contribution >= 4 is 5.91 Å². The first-order chi connectivity index (χ1) is 7.54. The highest BCUT2D eigenvalue weighted by Crippen LogP contribution is 2.30. The summed E-state index contributed by atoms with van der Waals surface area (Å²) in [5.74, 6) is 1.03. The van der Waals surface area contributed by atoms with Gasteiger partial charge in [-0.15, -0.1) is 0 Å². The molecule has 94 valence electrons. The Bertz CT molecular complexity index is 224. The van der Waals surface area contributed by atoms with Gasteiger partial charge < -0.3 is 10.2 Å². The molecule has 16 heavy (non-hydrogen) atoms. The predicted octanol–water partition coefficient (Wildman–Crippen LogP) is 2.02. The molecule has 1 fully saturated rings. The molecule has 1 unspecified atom stereocenters. The van der Waals surface area contributed by atoms with Gasteiger partial charge in [-0.2, -0.15) is 0 Å². The third-order valence-electron chi connectivity index (χ3n) is 3.31. The van der Waals surface area contributed by atoms with Crippen molar-refractivity contribution in [1.82, 2.24) is 10.2 Å². The quantitative estimate of drug-likeness (QED) is 0.720. The maximum absolute atomic E-state index is 12.0. The Balaban J connectivity index is 2.34. The standard InChI is InChI=1S/C13H26N2O/c1-5-11(4)14-8-13(16)15(10(2)3)9-12-6-7-12/h10-12,14H,5-9H2,1-4H3. The molecule has 0 aliphatic heterocycles. The average molecular weight is 226 g/mol. The van der Waals surface area contributed by atoms with E-state index in [1.54, 1.807) is 0 Å². The Labute approximate surface area is 99.6 Å². The molecule has 0 saturated heterocycles. The van der Waals surface area contributed by atoms with E-state index < -0.39 is 0 Å². The van der Waals surface area contributed by atoms with Crippen LogP contribution in [0.5, 0.6) is 0 Å². The summed E-state index contributed by atoms with van der Waals surface area (Å²) in [5.41, 5.74) is 0. The zero-order valence-electron chi connectivity index (χ0n) is 11.1. The number of nitrogens with one attached hydrogen (secondary N) is 1. The van der Waals surface area contributed by atoms with Crippen LogP contribution in [0.15, 0.2) is 0 Å². The Kier molecular flexibility index (Phi) is 5.26. The van der Waals surface area contributed by atoms with E-state index in [9.17, 15) is 4.79 Å². The van der Waals surface area contributed by atoms with Crippen LogP contribution in [0.4, 0.5) is 0 Å². The van der Waals surface area contributed by atoms with Crippen molar-refractivity contribution in [1.29, 1.82) is 0 Å². The van der Waals surface area contributed by atoms with Crippen LogP contribution in [-0.2, 0) is 4.79 Å². The van der Waals surface area contributed by atoms with E-state index in [4.69, 9.17) is 0 Å². The van der Waals surface area contributed by atoms with E-state index in [1.807, 2.05) is 4.90 Å². The maximum atomic E-state index is 12.0. The third kappa shape index (κ3) is 4.52. The summed E-state index contributed by atoms with van der Waals surface area (Å²) < 4.78 is 0. The Morgan fingerprint density at radius 2 is 2.00 bits per heavy atom. The second kappa shape index (κ2) is 6.24. The topological polar surface area (TPSA) is 32.3 Å². The molecule has 0 aromatic carbocycles. The van der Waals surface area contributed by atoms with E-state index in [-0.39, 0.29) is 5.91 Å². The lowest BCUT2D eigenvalue weighted by Crippen LogP contribution is -2.44. The van der Waals surface area contributed by atoms with Crippen molar-refractivity contribution in [2.45, 2.75) is 59.0 Å². The highest BCUT2D eigenvalue weighted by molar-refractivity contribution is 5.78. The van der Waals surface area contributed by atoms with Gasteiger partial charge in [-0.1, -0.05) is 6.92 Å². The second-order valence-corrected chi connectivity index (χ2v) is 5.27. The molecule has 0 spiro atoms. The van der Waals surface area contributed by atoms with Gasteiger partial charge in [-0.25, -0.2) is 0 Å². The normalized spacial score (nSPS) is 17.6. The Hall–Kier alpha value is -0.570. The molecule has 1 atom stereocenters. The number of hydrogen-bond donors (Lipinski definition) is 1. The summed E-state index contributed by atoms with van der Waals surface area (Å²) in [6, 6.07) is 0.755. The van der Waals surface area contributed by atoms with Crippen LogP contribution in [0.1, 0.15) is 47.0 Å². The number of carbonyl (C=O) groups excluding carboxylic acids is 1. The second-order valence-electron chi connectivity index (χ2n) is 5.27. The predicted molar refractivity (Wildman–Crippen MR) is 67.3 cm³/mol. The molecule has 0 heterocycles. The van der Waals surface area contributed by atoms with Crippen LogP contribution in [0.25, 0.3) is 0 Å². The maximum Gasteiger partial charge on any atom is 0.236 e. The fourth-order valence-electron chi connectivity index (χ4n) is 1.69. The van der Waals surface area contributed by atoms with E-state index in [1.165, 1.54) is 12.8 Å². The summed E-state index contributed by atoms with van der Waals surface area (Å²) in [7, 11) is 0. The molecule has 3 heteroatoms. The monoisotopic (exact) mass is 226 g/mol. The first-order valence-electron chi connectivity index (χ1n) is 6.57. The smallest absolute Gasteiger partial charge is 0.236 e. The number of nitrogens with zero attached hydrogens (tertiary/aromatic N) is 1. The molecule has 1 rings (SSSR count). The third-order valence-corrected chi connectivity index (χ3v) is 3.31. The van der Waals surface area contributed by atoms with Gasteiger partial charge in [0.1, 0.15) is 0 Å². The molecule has 1 aliphatic carbocycles. The minimum Gasteiger partial charge on any atom is -0.339 e. The van der Waals surface area contributed by atoms with Gasteiger partial charge in [0.25, 0.3) is 0 Å². The van der Waals surface area contributed by atoms with E-state index in [0.717, 1.165) is 18.9 Å². The zero-order chi connectivity index (χ0) is 12.1. The summed E-state index contributed by atoms with van der Waals surface area (Å²) in [6.45, 7) is 9.89. The van der Waals surface area contributed by atoms with Gasteiger partial charge in [0.05, 0.1) is 6.54 Å². The van der Waals surface area contributed by atoms with Crippen molar-refractivity contribution < 1.29 is 4.79 Å². The van der Waals surface area contributed by atoms with Crippen molar-refractivity contribution in [3.8, 4) is 0 Å². The summed E-state index contributed by atoms with van der Waals surface area (Å²) in [5, 5.41) is 3.27. The fourth-order valence-corrected chi connectivity index (χ4v) is 1.69. The highest BCUT2D eigenvalue weighted by atomic mass is 16.2. The molecule has 0 bridgehead atoms. The SMILES string of the molecule is CCC(C)NCC(=O)N(CC1CC1)C(C)C. The van der Waals surface area contributed by atoms with Crippen molar-refractivity contribution in [3.05, 3.63) is 0 Å². The minimum atomic E-state index is 0.252. The fraction of sp³-hybridized carbons (Fsp3) is 0.923. The van der Waals surface area contributed by atoms with E-state index >= 15 is 0 Å². The molecule has 0 aromatic heterocycles. The summed E-state index contributed by atoms with van der Waals surface area (Å²) in [4.78, 5) is 14.1. The van der Waals surface area contributed by atoms with Crippen LogP contribution in [0.3, 0.4) is 0 Å². The van der Waals surface area contributed by atoms with Gasteiger partial charge in [-0.3, -0.25) is 4.79 Å². The zero-order valence-corrected chi connectivity index (χ0v) is 11.1. The number of hydrogen-bond acceptors (Lipinski definition) is 2. The van der Waals surface area contributed by atoms with Gasteiger partial charge in [0, 0.05) is 18.6 Å². The Morgan fingerprint density at radius 3 is 2.44 bits per heavy atom. The van der Waals surface area contributed by atoms with Crippen LogP contribution in [0.2, 0.25) is 0 Å². The average Bonchev–Trinajstić information content (AvgIpc) is 3.05. The van der Waals surface area contributed by atoms with Crippen LogP contribution in [0, 0.1) is 5.92 Å². The Morgan fingerprint density at radius 1 is 1.38 bits per heavy atom. The summed E-state index contributed by atoms with van der Waals surface area (Å²) in [6.07, 6.45) is 3.67. The number of amides is 1. The highest BCUT2D eigenvalue weighted by Gasteiger charge is 2.27. The molecule has 1 saturated carbocycles. The van der Waals surface area contributed by atoms with Gasteiger partial charge in [0.15, 0.2) is 0 Å². The first-order valence-corrected chi connectivity index (χ1v) is 6.57. The number of rotatable bonds is 7. The van der Waals surface area contributed by atoms with Crippen molar-refractivity contribution in [2.24, 2.45) is 5.92 Å². The number of carbonyl (C=O) groups is 1. The van der Waals surface area contributed by atoms with E-state index in [2.05, 4.69) is 33.0 Å². The molecular weight excluding hydrogens is 200 g/mol. The molecule has 1 N–H and O–H groups in total. The molecule has 0 radical (unpaired) electrons. The van der Waals surface area contributed by atoms with E-state index in [0.29, 0.717) is 18.6 Å². The van der Waals surface area contributed by atoms with Crippen molar-refractivity contribution in [2.75, 3.05) is 13.1 Å². The van der Waals surface area contributed by atoms with Crippen LogP contribution in [-0.4, -0.2) is 36.0 Å². The lowest BCUT2D eigenvalue weighted by Gasteiger charge is -2.27. The van der Waals surface area contributed by atoms with Gasteiger partial charge in [-0.05, 0) is 46.0 Å². The lowest BCUT2D eigenvalue weighted by molar-refractivity contribution is -0.132. The van der Waals surface area contributed by atoms with Gasteiger partial charge >= 0.3 is 0 Å². The molecular formula is C13H26N2O. The molecule has 1 aliphatic rings. The summed E-state index contributed by atoms with van der Waals surface area (Å²) >= 11 is 0.